The molecule has 1 rings (SSSR count). The van der Waals surface area contributed by atoms with Gasteiger partial charge in [-0.05, 0) is 26.7 Å². The van der Waals surface area contributed by atoms with Crippen LogP contribution >= 0.6 is 0 Å². The Labute approximate surface area is 60.5 Å². The van der Waals surface area contributed by atoms with Crippen LogP contribution in [0, 0.1) is 0 Å². The fourth-order valence-corrected chi connectivity index (χ4v) is 1.02. The largest absolute Gasteiger partial charge is 0.459 e. The lowest BCUT2D eigenvalue weighted by Crippen LogP contribution is -2.44. The van der Waals surface area contributed by atoms with Crippen molar-refractivity contribution in [3.8, 4) is 0 Å². The van der Waals surface area contributed by atoms with E-state index in [1.807, 2.05) is 13.8 Å². The summed E-state index contributed by atoms with van der Waals surface area (Å²) in [7, 11) is 0. The number of nitrogens with two attached hydrogens (primary N) is 1. The third kappa shape index (κ3) is 1.48. The summed E-state index contributed by atoms with van der Waals surface area (Å²) in [5.74, 6) is -0.267. The third-order valence-corrected chi connectivity index (χ3v) is 1.74. The lowest BCUT2D eigenvalue weighted by Gasteiger charge is -2.32. The highest BCUT2D eigenvalue weighted by Crippen LogP contribution is 2.23. The molecule has 0 unspecified atom stereocenters. The number of carbonyl (C=O) groups excluding carboxylic acids is 1. The molecular formula is C7H13NO2. The summed E-state index contributed by atoms with van der Waals surface area (Å²) in [5, 5.41) is 0. The molecule has 10 heavy (non-hydrogen) atoms. The van der Waals surface area contributed by atoms with Crippen molar-refractivity contribution < 1.29 is 9.53 Å². The van der Waals surface area contributed by atoms with Gasteiger partial charge in [-0.1, -0.05) is 0 Å². The van der Waals surface area contributed by atoms with Gasteiger partial charge in [0.05, 0.1) is 0 Å². The number of hydrogen-bond acceptors (Lipinski definition) is 3. The Morgan fingerprint density at radius 3 is 2.70 bits per heavy atom. The maximum atomic E-state index is 10.9. The van der Waals surface area contributed by atoms with E-state index in [2.05, 4.69) is 0 Å². The quantitative estimate of drug-likeness (QED) is 0.500. The lowest BCUT2D eigenvalue weighted by atomic mass is 9.96. The van der Waals surface area contributed by atoms with E-state index in [0.717, 1.165) is 12.8 Å². The van der Waals surface area contributed by atoms with E-state index in [1.165, 1.54) is 0 Å². The van der Waals surface area contributed by atoms with E-state index >= 15 is 0 Å². The molecule has 3 nitrogen and oxygen atoms in total. The van der Waals surface area contributed by atoms with Crippen LogP contribution in [0.2, 0.25) is 0 Å². The van der Waals surface area contributed by atoms with Gasteiger partial charge in [-0.15, -0.1) is 0 Å². The molecule has 1 fully saturated rings. The summed E-state index contributed by atoms with van der Waals surface area (Å²) in [4.78, 5) is 10.9. The van der Waals surface area contributed by atoms with E-state index in [1.54, 1.807) is 0 Å². The SMILES string of the molecule is CC1(C)CC[C@H](N)C(=O)O1. The molecule has 58 valence electrons. The van der Waals surface area contributed by atoms with Crippen molar-refractivity contribution in [2.75, 3.05) is 0 Å². The Hall–Kier alpha value is -0.570. The fraction of sp³-hybridized carbons (Fsp3) is 0.857. The molecule has 0 aromatic carbocycles. The van der Waals surface area contributed by atoms with Crippen LogP contribution < -0.4 is 5.73 Å². The van der Waals surface area contributed by atoms with Crippen LogP contribution in [0.5, 0.6) is 0 Å². The van der Waals surface area contributed by atoms with Crippen LogP contribution in [0.3, 0.4) is 0 Å². The molecular weight excluding hydrogens is 130 g/mol. The van der Waals surface area contributed by atoms with Gasteiger partial charge in [0.2, 0.25) is 0 Å². The Morgan fingerprint density at radius 1 is 1.70 bits per heavy atom. The topological polar surface area (TPSA) is 52.3 Å². The summed E-state index contributed by atoms with van der Waals surface area (Å²) in [6.07, 6.45) is 1.60. The number of hydrogen-bond donors (Lipinski definition) is 1. The van der Waals surface area contributed by atoms with Crippen molar-refractivity contribution >= 4 is 5.97 Å². The molecule has 1 aliphatic heterocycles. The van der Waals surface area contributed by atoms with Gasteiger partial charge >= 0.3 is 5.97 Å². The summed E-state index contributed by atoms with van der Waals surface area (Å²) >= 11 is 0. The zero-order chi connectivity index (χ0) is 7.78. The van der Waals surface area contributed by atoms with E-state index in [0.29, 0.717) is 0 Å². The Balaban J connectivity index is 2.57. The van der Waals surface area contributed by atoms with E-state index in [9.17, 15) is 4.79 Å². The highest BCUT2D eigenvalue weighted by Gasteiger charge is 2.32. The highest BCUT2D eigenvalue weighted by molar-refractivity contribution is 5.76. The highest BCUT2D eigenvalue weighted by atomic mass is 16.6. The molecule has 0 aromatic rings. The molecule has 1 aliphatic rings. The minimum atomic E-state index is -0.395. The molecule has 0 spiro atoms. The van der Waals surface area contributed by atoms with Crippen LogP contribution in [0.25, 0.3) is 0 Å². The third-order valence-electron chi connectivity index (χ3n) is 1.74. The summed E-state index contributed by atoms with van der Waals surface area (Å²) < 4.78 is 5.02. The van der Waals surface area contributed by atoms with E-state index in [-0.39, 0.29) is 11.6 Å². The predicted molar refractivity (Wildman–Crippen MR) is 37.4 cm³/mol. The van der Waals surface area contributed by atoms with Gasteiger partial charge in [0, 0.05) is 0 Å². The van der Waals surface area contributed by atoms with Crippen LogP contribution in [0.4, 0.5) is 0 Å². The van der Waals surface area contributed by atoms with Gasteiger partial charge < -0.3 is 10.5 Å². The van der Waals surface area contributed by atoms with Crippen molar-refractivity contribution in [1.29, 1.82) is 0 Å². The van der Waals surface area contributed by atoms with Gasteiger partial charge in [-0.2, -0.15) is 0 Å². The van der Waals surface area contributed by atoms with Crippen molar-refractivity contribution in [2.24, 2.45) is 5.73 Å². The number of ether oxygens (including phenoxy) is 1. The number of esters is 1. The molecule has 0 aliphatic carbocycles. The molecule has 1 saturated heterocycles. The second kappa shape index (κ2) is 2.23. The normalized spacial score (nSPS) is 31.5. The molecule has 3 heteroatoms. The average Bonchev–Trinajstić information content (AvgIpc) is 1.79. The van der Waals surface area contributed by atoms with E-state index < -0.39 is 6.04 Å². The Morgan fingerprint density at radius 2 is 2.30 bits per heavy atom. The molecule has 1 heterocycles. The monoisotopic (exact) mass is 143 g/mol. The van der Waals surface area contributed by atoms with E-state index in [4.69, 9.17) is 10.5 Å². The predicted octanol–water partition coefficient (Wildman–Crippen LogP) is 0.429. The molecule has 0 aromatic heterocycles. The van der Waals surface area contributed by atoms with Gasteiger partial charge in [0.1, 0.15) is 11.6 Å². The van der Waals surface area contributed by atoms with Gasteiger partial charge in [0.25, 0.3) is 0 Å². The lowest BCUT2D eigenvalue weighted by molar-refractivity contribution is -0.165. The van der Waals surface area contributed by atoms with Crippen LogP contribution in [-0.4, -0.2) is 17.6 Å². The summed E-state index contributed by atoms with van der Waals surface area (Å²) in [6, 6.07) is -0.395. The number of carbonyl (C=O) groups is 1. The first-order valence-corrected chi connectivity index (χ1v) is 3.50. The van der Waals surface area contributed by atoms with Crippen LogP contribution in [0.1, 0.15) is 26.7 Å². The second-order valence-electron chi connectivity index (χ2n) is 3.33. The molecule has 2 N–H and O–H groups in total. The average molecular weight is 143 g/mol. The molecule has 0 bridgehead atoms. The second-order valence-corrected chi connectivity index (χ2v) is 3.33. The maximum absolute atomic E-state index is 10.9. The van der Waals surface area contributed by atoms with Gasteiger partial charge in [-0.25, -0.2) is 0 Å². The smallest absolute Gasteiger partial charge is 0.323 e. The molecule has 0 radical (unpaired) electrons. The number of cyclic esters (lactones) is 1. The van der Waals surface area contributed by atoms with Crippen molar-refractivity contribution in [2.45, 2.75) is 38.3 Å². The van der Waals surface area contributed by atoms with Crippen molar-refractivity contribution in [3.63, 3.8) is 0 Å². The molecule has 0 amide bonds. The first-order chi connectivity index (χ1) is 4.51. The van der Waals surface area contributed by atoms with Gasteiger partial charge in [0.15, 0.2) is 0 Å². The van der Waals surface area contributed by atoms with Gasteiger partial charge in [-0.3, -0.25) is 4.79 Å². The van der Waals surface area contributed by atoms with Crippen LogP contribution in [0.15, 0.2) is 0 Å². The summed E-state index contributed by atoms with van der Waals surface area (Å²) in [5.41, 5.74) is 5.13. The number of rotatable bonds is 0. The first kappa shape index (κ1) is 7.54. The zero-order valence-electron chi connectivity index (χ0n) is 6.39. The minimum absolute atomic E-state index is 0.267. The Bertz CT molecular complexity index is 154. The maximum Gasteiger partial charge on any atom is 0.323 e. The molecule has 1 atom stereocenters. The summed E-state index contributed by atoms with van der Waals surface area (Å²) in [6.45, 7) is 3.80. The minimum Gasteiger partial charge on any atom is -0.459 e. The standard InChI is InChI=1S/C7H13NO2/c1-7(2)4-3-5(8)6(9)10-7/h5H,3-4,8H2,1-2H3/t5-/m0/s1. The fourth-order valence-electron chi connectivity index (χ4n) is 1.02. The first-order valence-electron chi connectivity index (χ1n) is 3.50. The van der Waals surface area contributed by atoms with Crippen molar-refractivity contribution in [1.82, 2.24) is 0 Å². The Kier molecular flexibility index (Phi) is 1.68. The molecule has 0 saturated carbocycles. The zero-order valence-corrected chi connectivity index (χ0v) is 6.39. The van der Waals surface area contributed by atoms with Crippen molar-refractivity contribution in [3.05, 3.63) is 0 Å². The van der Waals surface area contributed by atoms with Crippen LogP contribution in [-0.2, 0) is 9.53 Å².